The van der Waals surface area contributed by atoms with E-state index in [0.717, 1.165) is 8.68 Å². The number of rotatable bonds is 0. The second-order valence-electron chi connectivity index (χ2n) is 2.72. The van der Waals surface area contributed by atoms with Gasteiger partial charge in [-0.25, -0.2) is 0 Å². The highest BCUT2D eigenvalue weighted by Gasteiger charge is 2.05. The maximum absolute atomic E-state index is 4.41. The molecule has 0 aliphatic heterocycles. The summed E-state index contributed by atoms with van der Waals surface area (Å²) in [7, 11) is 0. The van der Waals surface area contributed by atoms with Gasteiger partial charge in [0.15, 0.2) is 0 Å². The summed E-state index contributed by atoms with van der Waals surface area (Å²) in [5.74, 6) is 0. The average Bonchev–Trinajstić information content (AvgIpc) is 2.28. The number of halogens is 1. The first-order valence-electron chi connectivity index (χ1n) is 3.56. The third-order valence-corrected chi connectivity index (χ3v) is 4.52. The van der Waals surface area contributed by atoms with E-state index in [9.17, 15) is 0 Å². The van der Waals surface area contributed by atoms with Crippen molar-refractivity contribution in [1.82, 2.24) is 0 Å². The van der Waals surface area contributed by atoms with E-state index in [1.807, 2.05) is 0 Å². The highest BCUT2D eigenvalue weighted by Crippen LogP contribution is 2.37. The number of hydrogen-bond donors (Lipinski definition) is 1. The van der Waals surface area contributed by atoms with Crippen molar-refractivity contribution in [2.24, 2.45) is 0 Å². The van der Waals surface area contributed by atoms with Gasteiger partial charge in [0.25, 0.3) is 0 Å². The SMILES string of the molecule is Cc1ccc2c(S)c(Br)sc2c1. The predicted molar refractivity (Wildman–Crippen MR) is 61.5 cm³/mol. The summed E-state index contributed by atoms with van der Waals surface area (Å²) < 4.78 is 2.42. The number of thiophene rings is 1. The summed E-state index contributed by atoms with van der Waals surface area (Å²) in [5, 5.41) is 1.24. The van der Waals surface area contributed by atoms with Gasteiger partial charge in [0.05, 0.1) is 3.79 Å². The largest absolute Gasteiger partial charge is 0.141 e. The fraction of sp³-hybridized carbons (Fsp3) is 0.111. The van der Waals surface area contributed by atoms with Crippen LogP contribution in [0, 0.1) is 6.92 Å². The van der Waals surface area contributed by atoms with Crippen molar-refractivity contribution in [3.63, 3.8) is 0 Å². The van der Waals surface area contributed by atoms with Gasteiger partial charge < -0.3 is 0 Å². The van der Waals surface area contributed by atoms with Crippen LogP contribution in [0.25, 0.3) is 10.1 Å². The van der Waals surface area contributed by atoms with Crippen LogP contribution in [0.4, 0.5) is 0 Å². The molecule has 0 N–H and O–H groups in total. The van der Waals surface area contributed by atoms with Gasteiger partial charge in [0, 0.05) is 15.0 Å². The van der Waals surface area contributed by atoms with Crippen LogP contribution in [0.15, 0.2) is 26.9 Å². The van der Waals surface area contributed by atoms with Crippen LogP contribution < -0.4 is 0 Å². The van der Waals surface area contributed by atoms with Crippen molar-refractivity contribution in [3.05, 3.63) is 27.5 Å². The smallest absolute Gasteiger partial charge is 0.0844 e. The van der Waals surface area contributed by atoms with Gasteiger partial charge in [-0.05, 0) is 34.5 Å². The average molecular weight is 259 g/mol. The molecule has 0 atom stereocenters. The van der Waals surface area contributed by atoms with Crippen molar-refractivity contribution in [2.75, 3.05) is 0 Å². The van der Waals surface area contributed by atoms with Crippen molar-refractivity contribution in [1.29, 1.82) is 0 Å². The molecule has 0 radical (unpaired) electrons. The topological polar surface area (TPSA) is 0 Å². The predicted octanol–water partition coefficient (Wildman–Crippen LogP) is 4.26. The normalized spacial score (nSPS) is 10.9. The van der Waals surface area contributed by atoms with E-state index in [2.05, 4.69) is 53.7 Å². The van der Waals surface area contributed by atoms with Gasteiger partial charge in [-0.3, -0.25) is 0 Å². The van der Waals surface area contributed by atoms with E-state index >= 15 is 0 Å². The van der Waals surface area contributed by atoms with Crippen LogP contribution >= 0.6 is 39.9 Å². The molecular formula is C9H7BrS2. The highest BCUT2D eigenvalue weighted by molar-refractivity contribution is 9.11. The van der Waals surface area contributed by atoms with Crippen LogP contribution in [-0.4, -0.2) is 0 Å². The second-order valence-corrected chi connectivity index (χ2v) is 5.54. The Balaban J connectivity index is 2.87. The summed E-state index contributed by atoms with van der Waals surface area (Å²) in [4.78, 5) is 1.05. The monoisotopic (exact) mass is 258 g/mol. The molecule has 0 nitrogen and oxygen atoms in total. The molecule has 1 aromatic heterocycles. The Morgan fingerprint density at radius 1 is 1.42 bits per heavy atom. The van der Waals surface area contributed by atoms with E-state index in [1.165, 1.54) is 15.6 Å². The minimum absolute atomic E-state index is 1.05. The highest BCUT2D eigenvalue weighted by atomic mass is 79.9. The maximum atomic E-state index is 4.41. The molecule has 0 amide bonds. The summed E-state index contributed by atoms with van der Waals surface area (Å²) >= 11 is 9.62. The molecule has 0 saturated carbocycles. The third kappa shape index (κ3) is 1.30. The first kappa shape index (κ1) is 8.60. The van der Waals surface area contributed by atoms with Crippen molar-refractivity contribution in [3.8, 4) is 0 Å². The molecule has 0 saturated heterocycles. The summed E-state index contributed by atoms with van der Waals surface area (Å²) in [6, 6.07) is 6.42. The van der Waals surface area contributed by atoms with Crippen LogP contribution in [0.2, 0.25) is 0 Å². The first-order chi connectivity index (χ1) is 5.68. The Kier molecular flexibility index (Phi) is 2.19. The number of aryl methyl sites for hydroxylation is 1. The van der Waals surface area contributed by atoms with Gasteiger partial charge in [-0.2, -0.15) is 0 Å². The molecule has 0 aliphatic carbocycles. The number of benzene rings is 1. The van der Waals surface area contributed by atoms with Gasteiger partial charge >= 0.3 is 0 Å². The third-order valence-electron chi connectivity index (χ3n) is 1.78. The maximum Gasteiger partial charge on any atom is 0.0844 e. The summed E-state index contributed by atoms with van der Waals surface area (Å²) in [6.45, 7) is 2.10. The summed E-state index contributed by atoms with van der Waals surface area (Å²) in [5.41, 5.74) is 1.30. The molecule has 62 valence electrons. The zero-order valence-corrected chi connectivity index (χ0v) is 9.76. The second kappa shape index (κ2) is 3.05. The van der Waals surface area contributed by atoms with E-state index < -0.39 is 0 Å². The fourth-order valence-corrected chi connectivity index (χ4v) is 3.23. The molecule has 0 unspecified atom stereocenters. The van der Waals surface area contributed by atoms with E-state index in [4.69, 9.17) is 0 Å². The Labute approximate surface area is 89.1 Å². The molecule has 0 fully saturated rings. The van der Waals surface area contributed by atoms with Gasteiger partial charge in [0.1, 0.15) is 0 Å². The molecular weight excluding hydrogens is 252 g/mol. The number of hydrogen-bond acceptors (Lipinski definition) is 2. The van der Waals surface area contributed by atoms with Gasteiger partial charge in [0.2, 0.25) is 0 Å². The standard InChI is InChI=1S/C9H7BrS2/c1-5-2-3-6-7(4-5)12-9(10)8(6)11/h2-4,11H,1H3. The minimum atomic E-state index is 1.05. The molecule has 0 spiro atoms. The fourth-order valence-electron chi connectivity index (χ4n) is 1.16. The Hall–Kier alpha value is 0.01000. The molecule has 2 rings (SSSR count). The number of fused-ring (bicyclic) bond motifs is 1. The van der Waals surface area contributed by atoms with Gasteiger partial charge in [-0.15, -0.1) is 24.0 Å². The van der Waals surface area contributed by atoms with Crippen molar-refractivity contribution in [2.45, 2.75) is 11.8 Å². The number of thiol groups is 1. The lowest BCUT2D eigenvalue weighted by atomic mass is 10.2. The van der Waals surface area contributed by atoms with E-state index in [1.54, 1.807) is 11.3 Å². The lowest BCUT2D eigenvalue weighted by Gasteiger charge is -1.92. The van der Waals surface area contributed by atoms with Crippen LogP contribution in [-0.2, 0) is 0 Å². The van der Waals surface area contributed by atoms with Crippen LogP contribution in [0.3, 0.4) is 0 Å². The van der Waals surface area contributed by atoms with Crippen LogP contribution in [0.1, 0.15) is 5.56 Å². The molecule has 2 aromatic rings. The molecule has 1 heterocycles. The molecule has 12 heavy (non-hydrogen) atoms. The quantitative estimate of drug-likeness (QED) is 0.671. The van der Waals surface area contributed by atoms with Crippen molar-refractivity contribution < 1.29 is 0 Å². The van der Waals surface area contributed by atoms with Crippen molar-refractivity contribution >= 4 is 50.0 Å². The lowest BCUT2D eigenvalue weighted by Crippen LogP contribution is -1.68. The minimum Gasteiger partial charge on any atom is -0.141 e. The molecule has 3 heteroatoms. The molecule has 0 bridgehead atoms. The Bertz CT molecular complexity index is 431. The van der Waals surface area contributed by atoms with E-state index in [0.29, 0.717) is 0 Å². The van der Waals surface area contributed by atoms with Gasteiger partial charge in [-0.1, -0.05) is 12.1 Å². The molecule has 0 aliphatic rings. The van der Waals surface area contributed by atoms with Crippen LogP contribution in [0.5, 0.6) is 0 Å². The Morgan fingerprint density at radius 3 is 2.92 bits per heavy atom. The molecule has 1 aromatic carbocycles. The Morgan fingerprint density at radius 2 is 2.17 bits per heavy atom. The summed E-state index contributed by atoms with van der Waals surface area (Å²) in [6.07, 6.45) is 0. The lowest BCUT2D eigenvalue weighted by molar-refractivity contribution is 1.50. The zero-order valence-electron chi connectivity index (χ0n) is 6.47. The first-order valence-corrected chi connectivity index (χ1v) is 5.62. The van der Waals surface area contributed by atoms with E-state index in [-0.39, 0.29) is 0 Å². The zero-order chi connectivity index (χ0) is 8.72.